The molecule has 0 bridgehead atoms. The molecule has 0 aliphatic carbocycles. The zero-order valence-electron chi connectivity index (χ0n) is 13.6. The Bertz CT molecular complexity index is 862. The highest BCUT2D eigenvalue weighted by Gasteiger charge is 2.33. The maximum atomic E-state index is 13.0. The summed E-state index contributed by atoms with van der Waals surface area (Å²) in [6.45, 7) is 2.75. The number of anilines is 2. The molecule has 2 heterocycles. The van der Waals surface area contributed by atoms with Crippen molar-refractivity contribution in [2.24, 2.45) is 0 Å². The first kappa shape index (κ1) is 18.6. The molecule has 0 unspecified atom stereocenters. The first-order chi connectivity index (χ1) is 12.5. The van der Waals surface area contributed by atoms with Gasteiger partial charge in [0.2, 0.25) is 5.13 Å². The molecule has 0 spiro atoms. The second-order valence-corrected chi connectivity index (χ2v) is 7.35. The number of nitrogens with one attached hydrogen (secondary N) is 1. The average Bonchev–Trinajstić information content (AvgIpc) is 3.22. The molecule has 12 heteroatoms. The van der Waals surface area contributed by atoms with Crippen LogP contribution in [0.1, 0.15) is 24.7 Å². The summed E-state index contributed by atoms with van der Waals surface area (Å²) < 4.78 is 41.4. The van der Waals surface area contributed by atoms with Crippen LogP contribution in [-0.4, -0.2) is 30.4 Å². The normalized spacial score (nSPS) is 11.7. The van der Waals surface area contributed by atoms with Gasteiger partial charge in [-0.15, -0.1) is 15.3 Å². The number of para-hydroxylation sites is 1. The van der Waals surface area contributed by atoms with Gasteiger partial charge in [-0.05, 0) is 29.0 Å². The van der Waals surface area contributed by atoms with E-state index in [-0.39, 0.29) is 10.8 Å². The molecule has 3 rings (SSSR count). The minimum Gasteiger partial charge on any atom is -0.330 e. The van der Waals surface area contributed by atoms with Crippen molar-refractivity contribution in [1.82, 2.24) is 30.4 Å². The largest absolute Gasteiger partial charge is 0.418 e. The Hall–Kier alpha value is -2.21. The lowest BCUT2D eigenvalue weighted by molar-refractivity contribution is -0.136. The first-order valence-electron chi connectivity index (χ1n) is 7.62. The maximum absolute atomic E-state index is 13.0. The monoisotopic (exact) mass is 401 g/mol. The molecule has 0 amide bonds. The van der Waals surface area contributed by atoms with Gasteiger partial charge in [-0.2, -0.15) is 13.2 Å². The molecule has 0 aliphatic rings. The molecule has 7 nitrogen and oxygen atoms in total. The molecule has 0 fully saturated rings. The molecule has 1 aromatic carbocycles. The molecular weight excluding hydrogens is 387 g/mol. The minimum atomic E-state index is -4.44. The van der Waals surface area contributed by atoms with Gasteiger partial charge in [-0.25, -0.2) is 4.68 Å². The van der Waals surface area contributed by atoms with Crippen molar-refractivity contribution in [2.45, 2.75) is 36.2 Å². The number of aryl methyl sites for hydroxylation is 1. The fourth-order valence-electron chi connectivity index (χ4n) is 2.11. The van der Waals surface area contributed by atoms with Gasteiger partial charge >= 0.3 is 6.18 Å². The van der Waals surface area contributed by atoms with Gasteiger partial charge < -0.3 is 5.32 Å². The number of thioether (sulfide) groups is 1. The zero-order chi connectivity index (χ0) is 18.6. The third-order valence-electron chi connectivity index (χ3n) is 3.25. The van der Waals surface area contributed by atoms with Gasteiger partial charge in [0, 0.05) is 6.54 Å². The van der Waals surface area contributed by atoms with E-state index < -0.39 is 11.7 Å². The van der Waals surface area contributed by atoms with Gasteiger partial charge in [0.25, 0.3) is 0 Å². The number of alkyl halides is 3. The SMILES string of the molecule is CCCn1nnnc1CSc1nnc(Nc2ccccc2C(F)(F)F)s1. The molecule has 138 valence electrons. The summed E-state index contributed by atoms with van der Waals surface area (Å²) in [6, 6.07) is 5.25. The van der Waals surface area contributed by atoms with Crippen molar-refractivity contribution >= 4 is 33.9 Å². The zero-order valence-corrected chi connectivity index (χ0v) is 15.2. The van der Waals surface area contributed by atoms with Gasteiger partial charge in [0.1, 0.15) is 0 Å². The van der Waals surface area contributed by atoms with E-state index in [9.17, 15) is 13.2 Å². The Morgan fingerprint density at radius 2 is 2.00 bits per heavy atom. The summed E-state index contributed by atoms with van der Waals surface area (Å²) in [6.07, 6.45) is -3.53. The van der Waals surface area contributed by atoms with E-state index in [4.69, 9.17) is 0 Å². The summed E-state index contributed by atoms with van der Waals surface area (Å²) in [7, 11) is 0. The molecule has 1 N–H and O–H groups in total. The number of aromatic nitrogens is 6. The molecule has 0 aliphatic heterocycles. The van der Waals surface area contributed by atoms with Gasteiger partial charge in [0.05, 0.1) is 17.0 Å². The minimum absolute atomic E-state index is 0.0559. The van der Waals surface area contributed by atoms with Crippen molar-refractivity contribution in [3.8, 4) is 0 Å². The van der Waals surface area contributed by atoms with Crippen molar-refractivity contribution in [2.75, 3.05) is 5.32 Å². The molecule has 0 saturated heterocycles. The van der Waals surface area contributed by atoms with E-state index in [1.807, 2.05) is 6.92 Å². The molecule has 0 atom stereocenters. The summed E-state index contributed by atoms with van der Waals surface area (Å²) in [5, 5.41) is 22.4. The number of halogens is 3. The van der Waals surface area contributed by atoms with Gasteiger partial charge in [-0.3, -0.25) is 0 Å². The standard InChI is InChI=1S/C14H14F3N7S2/c1-2-7-24-11(19-22-23-24)8-25-13-21-20-12(26-13)18-10-6-4-3-5-9(10)14(15,16)17/h3-6H,2,7-8H2,1H3,(H,18,20). The van der Waals surface area contributed by atoms with Crippen molar-refractivity contribution in [3.63, 3.8) is 0 Å². The molecule has 2 aromatic heterocycles. The van der Waals surface area contributed by atoms with Crippen LogP contribution in [0.2, 0.25) is 0 Å². The topological polar surface area (TPSA) is 81.4 Å². The Balaban J connectivity index is 1.66. The van der Waals surface area contributed by atoms with Crippen LogP contribution in [0.25, 0.3) is 0 Å². The van der Waals surface area contributed by atoms with Crippen LogP contribution in [0.15, 0.2) is 28.6 Å². The second-order valence-electron chi connectivity index (χ2n) is 5.15. The number of nitrogens with zero attached hydrogens (tertiary/aromatic N) is 6. The first-order valence-corrected chi connectivity index (χ1v) is 9.42. The van der Waals surface area contributed by atoms with Crippen LogP contribution in [0.3, 0.4) is 0 Å². The third kappa shape index (κ3) is 4.49. The van der Waals surface area contributed by atoms with Gasteiger partial charge in [-0.1, -0.05) is 42.2 Å². The van der Waals surface area contributed by atoms with Crippen LogP contribution in [0.5, 0.6) is 0 Å². The van der Waals surface area contributed by atoms with Crippen molar-refractivity contribution < 1.29 is 13.2 Å². The van der Waals surface area contributed by atoms with E-state index in [1.54, 1.807) is 4.68 Å². The molecular formula is C14H14F3N7S2. The second kappa shape index (κ2) is 7.99. The van der Waals surface area contributed by atoms with E-state index >= 15 is 0 Å². The van der Waals surface area contributed by atoms with E-state index in [2.05, 4.69) is 31.0 Å². The lowest BCUT2D eigenvalue weighted by Crippen LogP contribution is -2.08. The molecule has 3 aromatic rings. The highest BCUT2D eigenvalue weighted by Crippen LogP contribution is 2.37. The maximum Gasteiger partial charge on any atom is 0.418 e. The Morgan fingerprint density at radius 3 is 2.77 bits per heavy atom. The van der Waals surface area contributed by atoms with Crippen LogP contribution in [-0.2, 0) is 18.5 Å². The predicted molar refractivity (Wildman–Crippen MR) is 92.3 cm³/mol. The quantitative estimate of drug-likeness (QED) is 0.600. The summed E-state index contributed by atoms with van der Waals surface area (Å²) in [4.78, 5) is 0. The fourth-order valence-corrected chi connectivity index (χ4v) is 3.81. The number of benzene rings is 1. The van der Waals surface area contributed by atoms with Crippen molar-refractivity contribution in [3.05, 3.63) is 35.7 Å². The third-order valence-corrected chi connectivity index (χ3v) is 5.21. The number of rotatable bonds is 7. The highest BCUT2D eigenvalue weighted by molar-refractivity contribution is 8.00. The summed E-state index contributed by atoms with van der Waals surface area (Å²) in [5.41, 5.74) is -0.803. The fraction of sp³-hybridized carbons (Fsp3) is 0.357. The van der Waals surface area contributed by atoms with Crippen LogP contribution >= 0.6 is 23.1 Å². The van der Waals surface area contributed by atoms with Gasteiger partial charge in [0.15, 0.2) is 10.2 Å². The average molecular weight is 401 g/mol. The molecule has 0 saturated carbocycles. The number of tetrazole rings is 1. The summed E-state index contributed by atoms with van der Waals surface area (Å²) >= 11 is 2.55. The van der Waals surface area contributed by atoms with E-state index in [0.29, 0.717) is 15.9 Å². The smallest absolute Gasteiger partial charge is 0.330 e. The van der Waals surface area contributed by atoms with Crippen LogP contribution < -0.4 is 5.32 Å². The lowest BCUT2D eigenvalue weighted by Gasteiger charge is -2.12. The Kier molecular flexibility index (Phi) is 5.71. The number of hydrogen-bond acceptors (Lipinski definition) is 8. The van der Waals surface area contributed by atoms with Crippen LogP contribution in [0, 0.1) is 0 Å². The van der Waals surface area contributed by atoms with E-state index in [0.717, 1.165) is 19.0 Å². The highest BCUT2D eigenvalue weighted by atomic mass is 32.2. The lowest BCUT2D eigenvalue weighted by atomic mass is 10.2. The Morgan fingerprint density at radius 1 is 1.19 bits per heavy atom. The predicted octanol–water partition coefficient (Wildman–Crippen LogP) is 3.99. The van der Waals surface area contributed by atoms with Crippen LogP contribution in [0.4, 0.5) is 24.0 Å². The van der Waals surface area contributed by atoms with E-state index in [1.165, 1.54) is 41.3 Å². The molecule has 0 radical (unpaired) electrons. The summed E-state index contributed by atoms with van der Waals surface area (Å²) in [5.74, 6) is 1.21. The molecule has 26 heavy (non-hydrogen) atoms. The van der Waals surface area contributed by atoms with Crippen molar-refractivity contribution in [1.29, 1.82) is 0 Å². The number of hydrogen-bond donors (Lipinski definition) is 1. The Labute approximate surface area is 155 Å².